The second-order valence-electron chi connectivity index (χ2n) is 4.16. The monoisotopic (exact) mass is 246 g/mol. The summed E-state index contributed by atoms with van der Waals surface area (Å²) in [6.07, 6.45) is 1.51. The van der Waals surface area contributed by atoms with E-state index >= 15 is 0 Å². The van der Waals surface area contributed by atoms with Crippen molar-refractivity contribution in [1.29, 1.82) is 0 Å². The van der Waals surface area contributed by atoms with Gasteiger partial charge in [0.15, 0.2) is 0 Å². The van der Waals surface area contributed by atoms with Crippen LogP contribution in [0.1, 0.15) is 33.1 Å². The van der Waals surface area contributed by atoms with Crippen LogP contribution in [0.5, 0.6) is 0 Å². The van der Waals surface area contributed by atoms with Crippen molar-refractivity contribution in [3.05, 3.63) is 0 Å². The fourth-order valence-corrected chi connectivity index (χ4v) is 2.74. The fraction of sp³-hybridized carbons (Fsp3) is 0.818. The van der Waals surface area contributed by atoms with Crippen molar-refractivity contribution in [2.75, 3.05) is 5.75 Å². The molecule has 0 aromatic carbocycles. The molecule has 1 N–H and O–H groups in total. The van der Waals surface area contributed by atoms with Crippen molar-refractivity contribution in [2.24, 2.45) is 5.92 Å². The Labute approximate surface area is 99.7 Å². The molecule has 0 saturated carbocycles. The number of thioether (sulfide) groups is 1. The third kappa shape index (κ3) is 3.70. The SMILES string of the molecule is CCC(C)CC(=O)OC1CCSC1C(=O)O. The van der Waals surface area contributed by atoms with E-state index in [-0.39, 0.29) is 5.97 Å². The third-order valence-electron chi connectivity index (χ3n) is 2.78. The number of carbonyl (C=O) groups excluding carboxylic acids is 1. The molecule has 0 radical (unpaired) electrons. The van der Waals surface area contributed by atoms with Gasteiger partial charge in [-0.05, 0) is 18.1 Å². The molecular weight excluding hydrogens is 228 g/mol. The third-order valence-corrected chi connectivity index (χ3v) is 4.11. The van der Waals surface area contributed by atoms with Gasteiger partial charge in [-0.25, -0.2) is 0 Å². The number of rotatable bonds is 5. The molecule has 3 unspecified atom stereocenters. The first-order valence-corrected chi connectivity index (χ1v) is 6.63. The lowest BCUT2D eigenvalue weighted by molar-refractivity contribution is -0.152. The van der Waals surface area contributed by atoms with Crippen molar-refractivity contribution in [3.63, 3.8) is 0 Å². The summed E-state index contributed by atoms with van der Waals surface area (Å²) in [7, 11) is 0. The molecule has 1 heterocycles. The van der Waals surface area contributed by atoms with Gasteiger partial charge in [-0.2, -0.15) is 0 Å². The zero-order chi connectivity index (χ0) is 12.1. The fourth-order valence-electron chi connectivity index (χ4n) is 1.57. The number of hydrogen-bond acceptors (Lipinski definition) is 4. The Morgan fingerprint density at radius 3 is 2.81 bits per heavy atom. The van der Waals surface area contributed by atoms with E-state index in [4.69, 9.17) is 9.84 Å². The number of ether oxygens (including phenoxy) is 1. The van der Waals surface area contributed by atoms with E-state index in [9.17, 15) is 9.59 Å². The standard InChI is InChI=1S/C11H18O4S/c1-3-7(2)6-9(12)15-8-4-5-16-10(8)11(13)14/h7-8,10H,3-6H2,1-2H3,(H,13,14). The smallest absolute Gasteiger partial charge is 0.320 e. The summed E-state index contributed by atoms with van der Waals surface area (Å²) in [5, 5.41) is 8.33. The summed E-state index contributed by atoms with van der Waals surface area (Å²) in [5.74, 6) is -0.111. The molecule has 0 spiro atoms. The molecule has 0 aromatic rings. The first-order chi connectivity index (χ1) is 7.54. The van der Waals surface area contributed by atoms with Gasteiger partial charge in [0.2, 0.25) is 0 Å². The van der Waals surface area contributed by atoms with Crippen molar-refractivity contribution in [3.8, 4) is 0 Å². The largest absolute Gasteiger partial charge is 0.480 e. The maximum atomic E-state index is 11.5. The van der Waals surface area contributed by atoms with Crippen molar-refractivity contribution < 1.29 is 19.4 Å². The molecule has 92 valence electrons. The number of hydrogen-bond donors (Lipinski definition) is 1. The van der Waals surface area contributed by atoms with Crippen LogP contribution in [0.2, 0.25) is 0 Å². The topological polar surface area (TPSA) is 63.6 Å². The van der Waals surface area contributed by atoms with Gasteiger partial charge in [0, 0.05) is 6.42 Å². The number of carboxylic acid groups (broad SMARTS) is 1. The minimum Gasteiger partial charge on any atom is -0.480 e. The van der Waals surface area contributed by atoms with Crippen molar-refractivity contribution in [1.82, 2.24) is 0 Å². The molecule has 0 aliphatic carbocycles. The quantitative estimate of drug-likeness (QED) is 0.751. The molecule has 3 atom stereocenters. The predicted molar refractivity (Wildman–Crippen MR) is 62.5 cm³/mol. The van der Waals surface area contributed by atoms with Crippen LogP contribution in [0.4, 0.5) is 0 Å². The van der Waals surface area contributed by atoms with Crippen LogP contribution < -0.4 is 0 Å². The first kappa shape index (κ1) is 13.4. The first-order valence-electron chi connectivity index (χ1n) is 5.58. The highest BCUT2D eigenvalue weighted by atomic mass is 32.2. The van der Waals surface area contributed by atoms with Crippen LogP contribution >= 0.6 is 11.8 Å². The summed E-state index contributed by atoms with van der Waals surface area (Å²) in [4.78, 5) is 22.4. The Hall–Kier alpha value is -0.710. The maximum absolute atomic E-state index is 11.5. The average Bonchev–Trinajstić information content (AvgIpc) is 2.65. The van der Waals surface area contributed by atoms with E-state index in [1.54, 1.807) is 0 Å². The second kappa shape index (κ2) is 6.13. The van der Waals surface area contributed by atoms with E-state index in [0.29, 0.717) is 18.8 Å². The van der Waals surface area contributed by atoms with Crippen LogP contribution in [-0.2, 0) is 14.3 Å². The minimum absolute atomic E-state index is 0.270. The summed E-state index contributed by atoms with van der Waals surface area (Å²) >= 11 is 1.35. The molecule has 1 aliphatic heterocycles. The molecule has 0 bridgehead atoms. The van der Waals surface area contributed by atoms with Gasteiger partial charge in [-0.3, -0.25) is 9.59 Å². The maximum Gasteiger partial charge on any atom is 0.320 e. The lowest BCUT2D eigenvalue weighted by Crippen LogP contribution is -2.31. The van der Waals surface area contributed by atoms with Gasteiger partial charge in [0.05, 0.1) is 0 Å². The summed E-state index contributed by atoms with van der Waals surface area (Å²) < 4.78 is 5.22. The molecule has 5 heteroatoms. The molecule has 1 saturated heterocycles. The van der Waals surface area contributed by atoms with Gasteiger partial charge >= 0.3 is 11.9 Å². The van der Waals surface area contributed by atoms with Gasteiger partial charge in [0.25, 0.3) is 0 Å². The van der Waals surface area contributed by atoms with Crippen molar-refractivity contribution >= 4 is 23.7 Å². The van der Waals surface area contributed by atoms with Crippen LogP contribution in [0, 0.1) is 5.92 Å². The van der Waals surface area contributed by atoms with Gasteiger partial charge in [-0.1, -0.05) is 20.3 Å². The molecular formula is C11H18O4S. The number of esters is 1. The Morgan fingerprint density at radius 1 is 1.56 bits per heavy atom. The molecule has 1 aliphatic rings. The lowest BCUT2D eigenvalue weighted by Gasteiger charge is -2.17. The van der Waals surface area contributed by atoms with Crippen LogP contribution in [0.15, 0.2) is 0 Å². The Kier molecular flexibility index (Phi) is 5.12. The summed E-state index contributed by atoms with van der Waals surface area (Å²) in [6, 6.07) is 0. The Bertz CT molecular complexity index is 267. The van der Waals surface area contributed by atoms with Crippen molar-refractivity contribution in [2.45, 2.75) is 44.5 Å². The van der Waals surface area contributed by atoms with Crippen LogP contribution in [-0.4, -0.2) is 34.2 Å². The van der Waals surface area contributed by atoms with E-state index in [0.717, 1.165) is 12.2 Å². The summed E-state index contributed by atoms with van der Waals surface area (Å²) in [6.45, 7) is 4.00. The van der Waals surface area contributed by atoms with Gasteiger partial charge in [0.1, 0.15) is 11.4 Å². The van der Waals surface area contributed by atoms with E-state index in [2.05, 4.69) is 0 Å². The lowest BCUT2D eigenvalue weighted by atomic mass is 10.1. The highest BCUT2D eigenvalue weighted by Crippen LogP contribution is 2.29. The zero-order valence-corrected chi connectivity index (χ0v) is 10.5. The van der Waals surface area contributed by atoms with E-state index in [1.165, 1.54) is 11.8 Å². The molecule has 16 heavy (non-hydrogen) atoms. The predicted octanol–water partition coefficient (Wildman–Crippen LogP) is 1.92. The summed E-state index contributed by atoms with van der Waals surface area (Å²) in [5.41, 5.74) is 0. The Morgan fingerprint density at radius 2 is 2.25 bits per heavy atom. The zero-order valence-electron chi connectivity index (χ0n) is 9.64. The number of carboxylic acids is 1. The van der Waals surface area contributed by atoms with Gasteiger partial charge < -0.3 is 9.84 Å². The Balaban J connectivity index is 2.41. The minimum atomic E-state index is -0.885. The molecule has 0 aromatic heterocycles. The van der Waals surface area contributed by atoms with E-state index < -0.39 is 17.3 Å². The number of aliphatic carboxylic acids is 1. The average molecular weight is 246 g/mol. The van der Waals surface area contributed by atoms with Crippen LogP contribution in [0.25, 0.3) is 0 Å². The van der Waals surface area contributed by atoms with E-state index in [1.807, 2.05) is 13.8 Å². The number of carbonyl (C=O) groups is 2. The molecule has 1 rings (SSSR count). The van der Waals surface area contributed by atoms with Gasteiger partial charge in [-0.15, -0.1) is 11.8 Å². The molecule has 1 fully saturated rings. The highest BCUT2D eigenvalue weighted by Gasteiger charge is 2.36. The second-order valence-corrected chi connectivity index (χ2v) is 5.41. The molecule has 4 nitrogen and oxygen atoms in total. The van der Waals surface area contributed by atoms with Crippen LogP contribution in [0.3, 0.4) is 0 Å². The highest BCUT2D eigenvalue weighted by molar-refractivity contribution is 8.00. The molecule has 0 amide bonds. The normalized spacial score (nSPS) is 26.4.